The summed E-state index contributed by atoms with van der Waals surface area (Å²) in [5.74, 6) is 0. The minimum Gasteiger partial charge on any atom is -0.201 e. The fraction of sp³-hybridized carbons (Fsp3) is 0.292. The minimum absolute atomic E-state index is 0.142. The monoisotopic (exact) mass is 366 g/mol. The molecular formula is C24H30NSi+. The summed E-state index contributed by atoms with van der Waals surface area (Å²) < 4.78 is 50.8. The van der Waals surface area contributed by atoms with Crippen molar-refractivity contribution in [3.8, 4) is 22.4 Å². The van der Waals surface area contributed by atoms with Crippen molar-refractivity contribution < 1.29 is 12.8 Å². The average molecular weight is 367 g/mol. The molecule has 1 heterocycles. The Hall–Kier alpha value is -2.19. The van der Waals surface area contributed by atoms with Gasteiger partial charge in [-0.3, -0.25) is 0 Å². The Kier molecular flexibility index (Phi) is 3.22. The highest BCUT2D eigenvalue weighted by atomic mass is 28.3. The molecular weight excluding hydrogens is 330 g/mol. The molecule has 1 aromatic heterocycles. The zero-order valence-electron chi connectivity index (χ0n) is 22.1. The van der Waals surface area contributed by atoms with Gasteiger partial charge in [-0.05, 0) is 48.9 Å². The number of rotatable bonds is 3. The van der Waals surface area contributed by atoms with Crippen molar-refractivity contribution in [2.45, 2.75) is 40.3 Å². The summed E-state index contributed by atoms with van der Waals surface area (Å²) in [4.78, 5) is 0. The van der Waals surface area contributed by atoms with Crippen molar-refractivity contribution in [2.75, 3.05) is 0 Å². The number of nitrogens with zero attached hydrogens (tertiary/aromatic N) is 1. The minimum atomic E-state index is -2.39. The van der Waals surface area contributed by atoms with Gasteiger partial charge in [0.2, 0.25) is 5.69 Å². The molecule has 0 atom stereocenters. The number of hydrogen-bond donors (Lipinski definition) is 0. The average Bonchev–Trinajstić information content (AvgIpc) is 2.66. The van der Waals surface area contributed by atoms with E-state index in [0.29, 0.717) is 11.1 Å². The molecule has 0 N–H and O–H groups in total. The van der Waals surface area contributed by atoms with Gasteiger partial charge in [0, 0.05) is 25.4 Å². The third-order valence-electron chi connectivity index (χ3n) is 4.87. The Labute approximate surface area is 167 Å². The highest BCUT2D eigenvalue weighted by Crippen LogP contribution is 2.30. The maximum atomic E-state index is 8.19. The molecule has 0 aliphatic heterocycles. The lowest BCUT2D eigenvalue weighted by Gasteiger charge is -2.19. The van der Waals surface area contributed by atoms with Gasteiger partial charge in [0.1, 0.15) is 7.05 Å². The van der Waals surface area contributed by atoms with Gasteiger partial charge in [0.25, 0.3) is 0 Å². The van der Waals surface area contributed by atoms with Gasteiger partial charge in [-0.25, -0.2) is 4.57 Å². The van der Waals surface area contributed by atoms with E-state index in [0.717, 1.165) is 22.0 Å². The van der Waals surface area contributed by atoms with Crippen LogP contribution in [0.25, 0.3) is 22.4 Å². The largest absolute Gasteiger partial charge is 0.213 e. The molecule has 0 saturated carbocycles. The van der Waals surface area contributed by atoms with Crippen LogP contribution in [-0.2, 0) is 7.05 Å². The van der Waals surface area contributed by atoms with Gasteiger partial charge >= 0.3 is 0 Å². The van der Waals surface area contributed by atoms with E-state index in [1.165, 1.54) is 0 Å². The van der Waals surface area contributed by atoms with Crippen molar-refractivity contribution in [1.29, 1.82) is 0 Å². The molecule has 0 fully saturated rings. The predicted octanol–water partition coefficient (Wildman–Crippen LogP) is 5.32. The van der Waals surface area contributed by atoms with E-state index >= 15 is 0 Å². The number of aryl methyl sites for hydroxylation is 4. The predicted molar refractivity (Wildman–Crippen MR) is 116 cm³/mol. The van der Waals surface area contributed by atoms with Gasteiger partial charge in [-0.2, -0.15) is 0 Å². The molecule has 0 unspecified atom stereocenters. The smallest absolute Gasteiger partial charge is 0.201 e. The van der Waals surface area contributed by atoms with Crippen molar-refractivity contribution in [2.24, 2.45) is 7.05 Å². The molecule has 0 spiro atoms. The van der Waals surface area contributed by atoms with Gasteiger partial charge in [-0.15, -0.1) is 0 Å². The summed E-state index contributed by atoms with van der Waals surface area (Å²) in [6.07, 6.45) is 1.61. The second-order valence-electron chi connectivity index (χ2n) is 7.92. The molecule has 0 saturated heterocycles. The van der Waals surface area contributed by atoms with Gasteiger partial charge in [-0.1, -0.05) is 61.2 Å². The number of hydrogen-bond acceptors (Lipinski definition) is 0. The van der Waals surface area contributed by atoms with E-state index in [-0.39, 0.29) is 11.1 Å². The Morgan fingerprint density at radius 1 is 0.808 bits per heavy atom. The molecule has 2 aromatic carbocycles. The van der Waals surface area contributed by atoms with Crippen LogP contribution in [0.4, 0.5) is 0 Å². The SMILES string of the molecule is [2H]C([2H])([2H])c1cc([Si](C)(C)C)ccc1-c1cc(-c2ccccc2C)[n+](C)cc1C([2H])([2H])[2H]. The molecule has 3 rings (SSSR count). The molecule has 134 valence electrons. The van der Waals surface area contributed by atoms with E-state index in [2.05, 4.69) is 19.6 Å². The molecule has 2 heteroatoms. The lowest BCUT2D eigenvalue weighted by molar-refractivity contribution is -0.660. The second kappa shape index (κ2) is 6.84. The maximum absolute atomic E-state index is 8.19. The highest BCUT2D eigenvalue weighted by Gasteiger charge is 2.20. The quantitative estimate of drug-likeness (QED) is 0.436. The van der Waals surface area contributed by atoms with Crippen LogP contribution in [0.1, 0.15) is 24.9 Å². The van der Waals surface area contributed by atoms with Gasteiger partial charge in [0.15, 0.2) is 6.20 Å². The van der Waals surface area contributed by atoms with Crippen molar-refractivity contribution in [3.05, 3.63) is 71.4 Å². The van der Waals surface area contributed by atoms with Crippen LogP contribution in [0.3, 0.4) is 0 Å². The summed E-state index contributed by atoms with van der Waals surface area (Å²) in [5, 5.41) is 1.03. The van der Waals surface area contributed by atoms with E-state index in [9.17, 15) is 0 Å². The third kappa shape index (κ3) is 3.52. The Morgan fingerprint density at radius 3 is 2.19 bits per heavy atom. The molecule has 1 nitrogen and oxygen atoms in total. The molecule has 0 amide bonds. The van der Waals surface area contributed by atoms with Crippen molar-refractivity contribution >= 4 is 13.3 Å². The summed E-state index contributed by atoms with van der Waals surface area (Å²) in [6, 6.07) is 15.2. The summed E-state index contributed by atoms with van der Waals surface area (Å²) in [7, 11) is 0.0564. The first-order valence-corrected chi connectivity index (χ1v) is 12.4. The number of pyridine rings is 1. The van der Waals surface area contributed by atoms with Gasteiger partial charge < -0.3 is 0 Å². The zero-order chi connectivity index (χ0) is 24.1. The lowest BCUT2D eigenvalue weighted by Crippen LogP contribution is -2.37. The Bertz CT molecular complexity index is 1160. The maximum Gasteiger partial charge on any atom is 0.213 e. The van der Waals surface area contributed by atoms with E-state index < -0.39 is 21.8 Å². The van der Waals surface area contributed by atoms with E-state index in [1.807, 2.05) is 50.4 Å². The fourth-order valence-corrected chi connectivity index (χ4v) is 4.41. The molecule has 0 aliphatic carbocycles. The molecule has 0 aliphatic rings. The summed E-state index contributed by atoms with van der Waals surface area (Å²) >= 11 is 0. The van der Waals surface area contributed by atoms with Crippen molar-refractivity contribution in [3.63, 3.8) is 0 Å². The summed E-state index contributed by atoms with van der Waals surface area (Å²) in [5.41, 5.74) is 4.10. The van der Waals surface area contributed by atoms with Crippen LogP contribution >= 0.6 is 0 Å². The van der Waals surface area contributed by atoms with Crippen LogP contribution in [0.5, 0.6) is 0 Å². The first-order valence-electron chi connectivity index (χ1n) is 11.9. The summed E-state index contributed by atoms with van der Waals surface area (Å²) in [6.45, 7) is 3.75. The standard InChI is InChI=1S/C24H30NSi/c1-17-10-8-9-11-22(17)24-15-23(19(3)16-25(24)4)21-13-12-20(14-18(21)2)26(5,6)7/h8-16H,1-7H3/q+1/i2D3,3D3. The highest BCUT2D eigenvalue weighted by molar-refractivity contribution is 6.88. The van der Waals surface area contributed by atoms with Crippen LogP contribution in [0, 0.1) is 20.6 Å². The normalized spacial score (nSPS) is 16.0. The van der Waals surface area contributed by atoms with Gasteiger partial charge in [0.05, 0.1) is 8.07 Å². The Balaban J connectivity index is 2.41. The molecule has 26 heavy (non-hydrogen) atoms. The Morgan fingerprint density at radius 2 is 1.54 bits per heavy atom. The lowest BCUT2D eigenvalue weighted by atomic mass is 9.95. The number of benzene rings is 2. The first kappa shape index (κ1) is 12.2. The van der Waals surface area contributed by atoms with E-state index in [4.69, 9.17) is 8.22 Å². The third-order valence-corrected chi connectivity index (χ3v) is 6.91. The molecule has 3 aromatic rings. The molecule has 0 bridgehead atoms. The fourth-order valence-electron chi connectivity index (χ4n) is 3.25. The topological polar surface area (TPSA) is 3.88 Å². The second-order valence-corrected chi connectivity index (χ2v) is 13.0. The van der Waals surface area contributed by atoms with E-state index in [1.54, 1.807) is 22.9 Å². The zero-order valence-corrected chi connectivity index (χ0v) is 17.1. The van der Waals surface area contributed by atoms with Crippen LogP contribution < -0.4 is 9.75 Å². The van der Waals surface area contributed by atoms with Crippen LogP contribution in [0.15, 0.2) is 54.7 Å². The van der Waals surface area contributed by atoms with Crippen molar-refractivity contribution in [1.82, 2.24) is 0 Å². The first-order chi connectivity index (χ1) is 14.6. The molecule has 0 radical (unpaired) electrons. The van der Waals surface area contributed by atoms with Crippen LogP contribution in [0.2, 0.25) is 19.6 Å². The van der Waals surface area contributed by atoms with Crippen LogP contribution in [-0.4, -0.2) is 8.07 Å². The number of aromatic nitrogens is 1.